The average Bonchev–Trinajstić information content (AvgIpc) is 2.32. The first-order valence-electron chi connectivity index (χ1n) is 6.15. The van der Waals surface area contributed by atoms with Crippen molar-refractivity contribution in [1.29, 1.82) is 0 Å². The molecule has 1 aromatic heterocycles. The molecule has 1 atom stereocenters. The van der Waals surface area contributed by atoms with Crippen molar-refractivity contribution in [3.05, 3.63) is 37.1 Å². The molecule has 1 unspecified atom stereocenters. The van der Waals surface area contributed by atoms with Gasteiger partial charge in [0.1, 0.15) is 0 Å². The van der Waals surface area contributed by atoms with E-state index >= 15 is 0 Å². The smallest absolute Gasteiger partial charge is 0.297 e. The quantitative estimate of drug-likeness (QED) is 0.511. The number of aromatic nitrogens is 2. The van der Waals surface area contributed by atoms with E-state index in [1.807, 2.05) is 20.8 Å². The zero-order chi connectivity index (χ0) is 15.7. The second kappa shape index (κ2) is 5.82. The van der Waals surface area contributed by atoms with Crippen LogP contribution in [0, 0.1) is 21.4 Å². The lowest BCUT2D eigenvalue weighted by Crippen LogP contribution is -2.43. The maximum Gasteiger partial charge on any atom is 0.350 e. The van der Waals surface area contributed by atoms with Crippen LogP contribution in [0.4, 0.5) is 5.69 Å². The van der Waals surface area contributed by atoms with Gasteiger partial charge in [0, 0.05) is 13.6 Å². The summed E-state index contributed by atoms with van der Waals surface area (Å²) in [7, 11) is 1.39. The van der Waals surface area contributed by atoms with Gasteiger partial charge in [0.15, 0.2) is 0 Å². The second-order valence-corrected chi connectivity index (χ2v) is 6.19. The molecule has 0 aliphatic heterocycles. The molecular formula is C12H19N3O4S. The van der Waals surface area contributed by atoms with E-state index in [-0.39, 0.29) is 17.9 Å². The van der Waals surface area contributed by atoms with Crippen molar-refractivity contribution in [3.63, 3.8) is 0 Å². The van der Waals surface area contributed by atoms with E-state index in [0.717, 1.165) is 15.3 Å². The minimum absolute atomic E-state index is 0.0572. The van der Waals surface area contributed by atoms with Gasteiger partial charge in [0.05, 0.1) is 11.1 Å². The molecule has 0 aromatic carbocycles. The molecule has 20 heavy (non-hydrogen) atoms. The first-order valence-corrected chi connectivity index (χ1v) is 6.78. The number of thiol groups is 1. The van der Waals surface area contributed by atoms with E-state index in [2.05, 4.69) is 12.6 Å². The molecule has 0 aliphatic carbocycles. The van der Waals surface area contributed by atoms with Gasteiger partial charge in [-0.05, 0) is 17.1 Å². The van der Waals surface area contributed by atoms with Crippen LogP contribution in [0.3, 0.4) is 0 Å². The molecule has 0 saturated heterocycles. The number of hydrogen-bond acceptors (Lipinski definition) is 5. The Balaban J connectivity index is 3.42. The topological polar surface area (TPSA) is 87.1 Å². The van der Waals surface area contributed by atoms with Crippen molar-refractivity contribution in [2.45, 2.75) is 27.3 Å². The monoisotopic (exact) mass is 301 g/mol. The maximum atomic E-state index is 12.0. The molecule has 1 heterocycles. The highest BCUT2D eigenvalue weighted by atomic mass is 32.1. The highest BCUT2D eigenvalue weighted by molar-refractivity contribution is 7.80. The van der Waals surface area contributed by atoms with Crippen molar-refractivity contribution in [3.8, 4) is 0 Å². The summed E-state index contributed by atoms with van der Waals surface area (Å²) >= 11 is 4.24. The molecule has 0 bridgehead atoms. The lowest BCUT2D eigenvalue weighted by Gasteiger charge is -2.29. The summed E-state index contributed by atoms with van der Waals surface area (Å²) in [5.41, 5.74) is -2.19. The lowest BCUT2D eigenvalue weighted by molar-refractivity contribution is -0.387. The average molecular weight is 301 g/mol. The van der Waals surface area contributed by atoms with Crippen molar-refractivity contribution in [2.75, 3.05) is 5.75 Å². The van der Waals surface area contributed by atoms with Crippen LogP contribution in [0.2, 0.25) is 0 Å². The summed E-state index contributed by atoms with van der Waals surface area (Å²) < 4.78 is 1.97. The molecule has 1 aromatic rings. The van der Waals surface area contributed by atoms with Crippen LogP contribution in [-0.2, 0) is 13.6 Å². The van der Waals surface area contributed by atoms with Gasteiger partial charge in [-0.2, -0.15) is 12.6 Å². The molecule has 112 valence electrons. The molecular weight excluding hydrogens is 282 g/mol. The number of nitrogens with zero attached hydrogens (tertiary/aromatic N) is 3. The Labute approximate surface area is 121 Å². The molecule has 0 saturated carbocycles. The standard InChI is InChI=1S/C12H19N3O4S/c1-12(2,3)8(7-20)5-14-10(16)9(15(18)19)6-13(4)11(14)17/h6,8,20H,5,7H2,1-4H3. The first kappa shape index (κ1) is 16.5. The summed E-state index contributed by atoms with van der Waals surface area (Å²) in [6, 6.07) is 0. The predicted octanol–water partition coefficient (Wildman–Crippen LogP) is 1.05. The Bertz CT molecular complexity index is 627. The van der Waals surface area contributed by atoms with Crippen LogP contribution in [0.5, 0.6) is 0 Å². The first-order chi connectivity index (χ1) is 9.09. The zero-order valence-corrected chi connectivity index (χ0v) is 12.9. The Morgan fingerprint density at radius 2 is 1.95 bits per heavy atom. The van der Waals surface area contributed by atoms with Crippen molar-refractivity contribution in [2.24, 2.45) is 18.4 Å². The third-order valence-corrected chi connectivity index (χ3v) is 3.80. The Kier molecular flexibility index (Phi) is 4.80. The van der Waals surface area contributed by atoms with E-state index < -0.39 is 21.9 Å². The fraction of sp³-hybridized carbons (Fsp3) is 0.667. The van der Waals surface area contributed by atoms with Gasteiger partial charge in [-0.25, -0.2) is 4.79 Å². The SMILES string of the molecule is Cn1cc([N+](=O)[O-])c(=O)n(CC(CS)C(C)(C)C)c1=O. The number of hydrogen-bond donors (Lipinski definition) is 1. The molecule has 0 fully saturated rings. The van der Waals surface area contributed by atoms with Gasteiger partial charge in [0.25, 0.3) is 0 Å². The Hall–Kier alpha value is -1.57. The lowest BCUT2D eigenvalue weighted by atomic mass is 9.82. The molecule has 0 N–H and O–H groups in total. The normalized spacial score (nSPS) is 13.2. The molecule has 0 aliphatic rings. The van der Waals surface area contributed by atoms with Gasteiger partial charge in [-0.1, -0.05) is 20.8 Å². The van der Waals surface area contributed by atoms with Gasteiger partial charge in [-0.3, -0.25) is 24.0 Å². The number of rotatable bonds is 4. The molecule has 0 amide bonds. The fourth-order valence-electron chi connectivity index (χ4n) is 1.82. The van der Waals surface area contributed by atoms with Gasteiger partial charge in [0.2, 0.25) is 0 Å². The largest absolute Gasteiger partial charge is 0.350 e. The van der Waals surface area contributed by atoms with Gasteiger partial charge in [-0.15, -0.1) is 0 Å². The third kappa shape index (κ3) is 3.30. The highest BCUT2D eigenvalue weighted by Gasteiger charge is 2.27. The van der Waals surface area contributed by atoms with E-state index in [9.17, 15) is 19.7 Å². The van der Waals surface area contributed by atoms with Crippen LogP contribution in [-0.4, -0.2) is 19.8 Å². The highest BCUT2D eigenvalue weighted by Crippen LogP contribution is 2.27. The fourth-order valence-corrected chi connectivity index (χ4v) is 2.48. The van der Waals surface area contributed by atoms with Crippen LogP contribution in [0.25, 0.3) is 0 Å². The Morgan fingerprint density at radius 3 is 2.35 bits per heavy atom. The summed E-state index contributed by atoms with van der Waals surface area (Å²) in [5, 5.41) is 10.9. The van der Waals surface area contributed by atoms with Gasteiger partial charge >= 0.3 is 16.9 Å². The zero-order valence-electron chi connectivity index (χ0n) is 12.0. The van der Waals surface area contributed by atoms with E-state index in [1.165, 1.54) is 7.05 Å². The maximum absolute atomic E-state index is 12.0. The van der Waals surface area contributed by atoms with Crippen molar-refractivity contribution >= 4 is 18.3 Å². The third-order valence-electron chi connectivity index (χ3n) is 3.36. The summed E-state index contributed by atoms with van der Waals surface area (Å²) in [6.07, 6.45) is 0.952. The van der Waals surface area contributed by atoms with Crippen LogP contribution in [0.1, 0.15) is 20.8 Å². The van der Waals surface area contributed by atoms with Gasteiger partial charge < -0.3 is 0 Å². The Morgan fingerprint density at radius 1 is 1.40 bits per heavy atom. The van der Waals surface area contributed by atoms with Crippen LogP contribution in [0.15, 0.2) is 15.8 Å². The molecule has 7 nitrogen and oxygen atoms in total. The predicted molar refractivity (Wildman–Crippen MR) is 79.4 cm³/mol. The molecule has 0 radical (unpaired) electrons. The summed E-state index contributed by atoms with van der Waals surface area (Å²) in [6.45, 7) is 6.03. The minimum Gasteiger partial charge on any atom is -0.297 e. The summed E-state index contributed by atoms with van der Waals surface area (Å²) in [4.78, 5) is 34.1. The van der Waals surface area contributed by atoms with E-state index in [4.69, 9.17) is 0 Å². The van der Waals surface area contributed by atoms with E-state index in [0.29, 0.717) is 5.75 Å². The van der Waals surface area contributed by atoms with Crippen molar-refractivity contribution < 1.29 is 4.92 Å². The number of aryl methyl sites for hydroxylation is 1. The molecule has 1 rings (SSSR count). The van der Waals surface area contributed by atoms with Crippen LogP contribution >= 0.6 is 12.6 Å². The second-order valence-electron chi connectivity index (χ2n) is 5.83. The number of nitro groups is 1. The minimum atomic E-state index is -0.867. The molecule has 0 spiro atoms. The van der Waals surface area contributed by atoms with E-state index in [1.54, 1.807) is 0 Å². The van der Waals surface area contributed by atoms with Crippen molar-refractivity contribution in [1.82, 2.24) is 9.13 Å². The van der Waals surface area contributed by atoms with Crippen LogP contribution < -0.4 is 11.2 Å². The molecule has 8 heteroatoms. The summed E-state index contributed by atoms with van der Waals surface area (Å²) in [5.74, 6) is 0.417.